The number of benzene rings is 1. The van der Waals surface area contributed by atoms with Crippen LogP contribution in [0.5, 0.6) is 0 Å². The fraction of sp³-hybridized carbons (Fsp3) is 0.529. The van der Waals surface area contributed by atoms with E-state index in [1.54, 1.807) is 11.8 Å². The highest BCUT2D eigenvalue weighted by Crippen LogP contribution is 2.16. The molecule has 1 rings (SSSR count). The van der Waals surface area contributed by atoms with Gasteiger partial charge in [0.05, 0.1) is 0 Å². The standard InChI is InChI=1S/C17H26N2O2/c1-6-14(4)19(15(5)20)10-9-17(21)18-16-11-12(2)7-8-13(16)3/h7-8,11,14H,6,9-10H2,1-5H3,(H,18,21). The van der Waals surface area contributed by atoms with Crippen molar-refractivity contribution in [1.29, 1.82) is 0 Å². The highest BCUT2D eigenvalue weighted by Gasteiger charge is 2.16. The number of carbonyl (C=O) groups excluding carboxylic acids is 2. The lowest BCUT2D eigenvalue weighted by molar-refractivity contribution is -0.131. The van der Waals surface area contributed by atoms with Gasteiger partial charge in [0.25, 0.3) is 0 Å². The number of aryl methyl sites for hydroxylation is 2. The van der Waals surface area contributed by atoms with E-state index in [0.29, 0.717) is 13.0 Å². The van der Waals surface area contributed by atoms with Gasteiger partial charge in [-0.15, -0.1) is 0 Å². The second-order valence-corrected chi connectivity index (χ2v) is 5.59. The third-order valence-electron chi connectivity index (χ3n) is 3.77. The van der Waals surface area contributed by atoms with E-state index in [1.807, 2.05) is 45.9 Å². The Hall–Kier alpha value is -1.84. The van der Waals surface area contributed by atoms with Crippen LogP contribution < -0.4 is 5.32 Å². The minimum Gasteiger partial charge on any atom is -0.340 e. The normalized spacial score (nSPS) is 11.9. The Morgan fingerprint density at radius 3 is 2.52 bits per heavy atom. The Labute approximate surface area is 127 Å². The molecule has 21 heavy (non-hydrogen) atoms. The number of carbonyl (C=O) groups is 2. The molecule has 0 fully saturated rings. The van der Waals surface area contributed by atoms with Gasteiger partial charge in [-0.2, -0.15) is 0 Å². The van der Waals surface area contributed by atoms with Gasteiger partial charge in [0, 0.05) is 31.6 Å². The molecular weight excluding hydrogens is 264 g/mol. The first kappa shape index (κ1) is 17.2. The molecule has 1 unspecified atom stereocenters. The third-order valence-corrected chi connectivity index (χ3v) is 3.77. The summed E-state index contributed by atoms with van der Waals surface area (Å²) < 4.78 is 0. The predicted octanol–water partition coefficient (Wildman–Crippen LogP) is 3.28. The van der Waals surface area contributed by atoms with Gasteiger partial charge < -0.3 is 10.2 Å². The first-order valence-electron chi connectivity index (χ1n) is 7.49. The van der Waals surface area contributed by atoms with Gasteiger partial charge in [0.15, 0.2) is 0 Å². The molecule has 0 aliphatic carbocycles. The monoisotopic (exact) mass is 290 g/mol. The van der Waals surface area contributed by atoms with Crippen LogP contribution in [-0.2, 0) is 9.59 Å². The molecule has 0 heterocycles. The number of amides is 2. The van der Waals surface area contributed by atoms with Gasteiger partial charge in [0.2, 0.25) is 11.8 Å². The number of hydrogen-bond donors (Lipinski definition) is 1. The van der Waals surface area contributed by atoms with Crippen LogP contribution in [-0.4, -0.2) is 29.3 Å². The van der Waals surface area contributed by atoms with Crippen LogP contribution in [0.2, 0.25) is 0 Å². The zero-order valence-corrected chi connectivity index (χ0v) is 13.7. The van der Waals surface area contributed by atoms with Crippen LogP contribution >= 0.6 is 0 Å². The second-order valence-electron chi connectivity index (χ2n) is 5.59. The summed E-state index contributed by atoms with van der Waals surface area (Å²) in [5.41, 5.74) is 3.00. The van der Waals surface area contributed by atoms with Crippen molar-refractivity contribution < 1.29 is 9.59 Å². The van der Waals surface area contributed by atoms with Crippen LogP contribution in [0, 0.1) is 13.8 Å². The van der Waals surface area contributed by atoms with Gasteiger partial charge in [-0.05, 0) is 44.4 Å². The highest BCUT2D eigenvalue weighted by molar-refractivity contribution is 5.92. The average molecular weight is 290 g/mol. The molecule has 1 atom stereocenters. The maximum absolute atomic E-state index is 12.1. The zero-order valence-electron chi connectivity index (χ0n) is 13.7. The Balaban J connectivity index is 2.61. The number of anilines is 1. The molecule has 0 saturated heterocycles. The summed E-state index contributed by atoms with van der Waals surface area (Å²) in [6, 6.07) is 6.14. The van der Waals surface area contributed by atoms with Gasteiger partial charge >= 0.3 is 0 Å². The van der Waals surface area contributed by atoms with Crippen molar-refractivity contribution in [3.05, 3.63) is 29.3 Å². The smallest absolute Gasteiger partial charge is 0.226 e. The lowest BCUT2D eigenvalue weighted by Gasteiger charge is -2.27. The number of nitrogens with zero attached hydrogens (tertiary/aromatic N) is 1. The molecule has 0 spiro atoms. The van der Waals surface area contributed by atoms with E-state index in [2.05, 4.69) is 5.32 Å². The van der Waals surface area contributed by atoms with Crippen LogP contribution in [0.25, 0.3) is 0 Å². The summed E-state index contributed by atoms with van der Waals surface area (Å²) in [6.45, 7) is 10.0. The summed E-state index contributed by atoms with van der Waals surface area (Å²) in [4.78, 5) is 25.4. The summed E-state index contributed by atoms with van der Waals surface area (Å²) in [7, 11) is 0. The Morgan fingerprint density at radius 2 is 1.95 bits per heavy atom. The van der Waals surface area contributed by atoms with Crippen molar-refractivity contribution in [3.63, 3.8) is 0 Å². The summed E-state index contributed by atoms with van der Waals surface area (Å²) >= 11 is 0. The Bertz CT molecular complexity index is 512. The molecule has 0 saturated carbocycles. The van der Waals surface area contributed by atoms with Crippen molar-refractivity contribution in [3.8, 4) is 0 Å². The molecule has 116 valence electrons. The molecule has 0 aliphatic heterocycles. The van der Waals surface area contributed by atoms with E-state index in [9.17, 15) is 9.59 Å². The fourth-order valence-corrected chi connectivity index (χ4v) is 2.21. The van der Waals surface area contributed by atoms with Crippen LogP contribution in [0.4, 0.5) is 5.69 Å². The minimum atomic E-state index is -0.0572. The minimum absolute atomic E-state index is 0.0175. The molecular formula is C17H26N2O2. The first-order chi connectivity index (χ1) is 9.85. The molecule has 0 radical (unpaired) electrons. The zero-order chi connectivity index (χ0) is 16.0. The molecule has 1 aromatic carbocycles. The Kier molecular flexibility index (Phi) is 6.40. The lowest BCUT2D eigenvalue weighted by Crippen LogP contribution is -2.38. The second kappa shape index (κ2) is 7.81. The summed E-state index contributed by atoms with van der Waals surface area (Å²) in [5, 5.41) is 2.93. The van der Waals surface area contributed by atoms with E-state index in [0.717, 1.165) is 23.2 Å². The van der Waals surface area contributed by atoms with Crippen LogP contribution in [0.15, 0.2) is 18.2 Å². The first-order valence-corrected chi connectivity index (χ1v) is 7.49. The van der Waals surface area contributed by atoms with Crippen molar-refractivity contribution in [2.75, 3.05) is 11.9 Å². The lowest BCUT2D eigenvalue weighted by atomic mass is 10.1. The van der Waals surface area contributed by atoms with Crippen molar-refractivity contribution >= 4 is 17.5 Å². The topological polar surface area (TPSA) is 49.4 Å². The number of hydrogen-bond acceptors (Lipinski definition) is 2. The Morgan fingerprint density at radius 1 is 1.29 bits per heavy atom. The van der Waals surface area contributed by atoms with Gasteiger partial charge in [-0.3, -0.25) is 9.59 Å². The largest absolute Gasteiger partial charge is 0.340 e. The maximum Gasteiger partial charge on any atom is 0.226 e. The van der Waals surface area contributed by atoms with Crippen molar-refractivity contribution in [2.45, 2.75) is 53.5 Å². The molecule has 1 aromatic rings. The molecule has 0 aromatic heterocycles. The molecule has 4 heteroatoms. The van der Waals surface area contributed by atoms with E-state index in [4.69, 9.17) is 0 Å². The SMILES string of the molecule is CCC(C)N(CCC(=O)Nc1cc(C)ccc1C)C(C)=O. The summed E-state index contributed by atoms with van der Waals surface area (Å²) in [6.07, 6.45) is 1.20. The van der Waals surface area contributed by atoms with Gasteiger partial charge in [-0.25, -0.2) is 0 Å². The van der Waals surface area contributed by atoms with E-state index >= 15 is 0 Å². The molecule has 1 N–H and O–H groups in total. The molecule has 0 bridgehead atoms. The van der Waals surface area contributed by atoms with Gasteiger partial charge in [-0.1, -0.05) is 19.1 Å². The highest BCUT2D eigenvalue weighted by atomic mass is 16.2. The fourth-order valence-electron chi connectivity index (χ4n) is 2.21. The van der Waals surface area contributed by atoms with E-state index < -0.39 is 0 Å². The van der Waals surface area contributed by atoms with E-state index in [1.165, 1.54) is 0 Å². The van der Waals surface area contributed by atoms with Crippen LogP contribution in [0.1, 0.15) is 44.7 Å². The number of rotatable bonds is 6. The average Bonchev–Trinajstić information content (AvgIpc) is 2.42. The quantitative estimate of drug-likeness (QED) is 0.874. The maximum atomic E-state index is 12.1. The third kappa shape index (κ3) is 5.21. The van der Waals surface area contributed by atoms with Crippen molar-refractivity contribution in [1.82, 2.24) is 4.90 Å². The predicted molar refractivity (Wildman–Crippen MR) is 86.3 cm³/mol. The van der Waals surface area contributed by atoms with Gasteiger partial charge in [0.1, 0.15) is 0 Å². The van der Waals surface area contributed by atoms with E-state index in [-0.39, 0.29) is 17.9 Å². The van der Waals surface area contributed by atoms with Crippen LogP contribution in [0.3, 0.4) is 0 Å². The molecule has 4 nitrogen and oxygen atoms in total. The summed E-state index contributed by atoms with van der Waals surface area (Å²) in [5.74, 6) is -0.0397. The van der Waals surface area contributed by atoms with Crippen molar-refractivity contribution in [2.24, 2.45) is 0 Å². The molecule has 2 amide bonds. The molecule has 0 aliphatic rings. The number of nitrogens with one attached hydrogen (secondary N) is 1.